The van der Waals surface area contributed by atoms with Crippen molar-refractivity contribution < 1.29 is 5.11 Å². The smallest absolute Gasteiger partial charge is 0.0514 e. The molecule has 1 unspecified atom stereocenters. The normalized spacial score (nSPS) is 21.1. The molecular formula is C11H17NOS. The second kappa shape index (κ2) is 3.65. The van der Waals surface area contributed by atoms with Gasteiger partial charge < -0.3 is 10.0 Å². The van der Waals surface area contributed by atoms with Crippen LogP contribution in [0.4, 0.5) is 0 Å². The van der Waals surface area contributed by atoms with Crippen LogP contribution in [-0.4, -0.2) is 30.7 Å². The molecule has 0 aromatic carbocycles. The van der Waals surface area contributed by atoms with Gasteiger partial charge in [0, 0.05) is 10.3 Å². The summed E-state index contributed by atoms with van der Waals surface area (Å²) >= 11 is 1.79. The summed E-state index contributed by atoms with van der Waals surface area (Å²) < 4.78 is 0. The van der Waals surface area contributed by atoms with Crippen molar-refractivity contribution in [3.05, 3.63) is 22.4 Å². The minimum Gasteiger partial charge on any atom is -0.396 e. The summed E-state index contributed by atoms with van der Waals surface area (Å²) in [7, 11) is 4.19. The molecule has 3 heteroatoms. The number of nitrogens with zero attached hydrogens (tertiary/aromatic N) is 1. The lowest BCUT2D eigenvalue weighted by Gasteiger charge is -2.30. The fraction of sp³-hybridized carbons (Fsp3) is 0.636. The van der Waals surface area contributed by atoms with E-state index in [1.165, 1.54) is 4.88 Å². The van der Waals surface area contributed by atoms with Gasteiger partial charge in [-0.3, -0.25) is 0 Å². The van der Waals surface area contributed by atoms with Crippen LogP contribution >= 0.6 is 11.3 Å². The highest BCUT2D eigenvalue weighted by Gasteiger charge is 2.50. The molecule has 78 valence electrons. The van der Waals surface area contributed by atoms with Crippen LogP contribution in [0.15, 0.2) is 17.5 Å². The molecule has 0 radical (unpaired) electrons. The summed E-state index contributed by atoms with van der Waals surface area (Å²) in [6.07, 6.45) is 2.31. The average molecular weight is 211 g/mol. The lowest BCUT2D eigenvalue weighted by atomic mass is 9.95. The van der Waals surface area contributed by atoms with Crippen LogP contribution < -0.4 is 0 Å². The Morgan fingerprint density at radius 1 is 1.57 bits per heavy atom. The Morgan fingerprint density at radius 2 is 2.29 bits per heavy atom. The Balaban J connectivity index is 2.25. The van der Waals surface area contributed by atoms with Crippen LogP contribution in [0.25, 0.3) is 0 Å². The summed E-state index contributed by atoms with van der Waals surface area (Å²) in [5.74, 6) is 0. The number of thiophene rings is 1. The van der Waals surface area contributed by atoms with E-state index in [2.05, 4.69) is 36.5 Å². The van der Waals surface area contributed by atoms with E-state index in [0.717, 1.165) is 12.8 Å². The zero-order chi connectivity index (χ0) is 10.2. The quantitative estimate of drug-likeness (QED) is 0.824. The molecule has 1 fully saturated rings. The topological polar surface area (TPSA) is 23.5 Å². The molecule has 0 bridgehead atoms. The van der Waals surface area contributed by atoms with E-state index in [1.54, 1.807) is 11.3 Å². The molecule has 0 saturated heterocycles. The van der Waals surface area contributed by atoms with Crippen molar-refractivity contribution in [2.24, 2.45) is 5.41 Å². The Labute approximate surface area is 89.2 Å². The van der Waals surface area contributed by atoms with Crippen LogP contribution in [0, 0.1) is 5.41 Å². The lowest BCUT2D eigenvalue weighted by Crippen LogP contribution is -2.30. The maximum atomic E-state index is 9.45. The highest BCUT2D eigenvalue weighted by atomic mass is 32.1. The first kappa shape index (κ1) is 10.1. The van der Waals surface area contributed by atoms with Gasteiger partial charge in [0.05, 0.1) is 12.6 Å². The Morgan fingerprint density at radius 3 is 2.64 bits per heavy atom. The first-order valence-corrected chi connectivity index (χ1v) is 5.88. The molecule has 14 heavy (non-hydrogen) atoms. The largest absolute Gasteiger partial charge is 0.396 e. The van der Waals surface area contributed by atoms with Crippen LogP contribution in [0.1, 0.15) is 23.8 Å². The van der Waals surface area contributed by atoms with E-state index in [-0.39, 0.29) is 5.41 Å². The van der Waals surface area contributed by atoms with Gasteiger partial charge in [-0.25, -0.2) is 0 Å². The average Bonchev–Trinajstić information content (AvgIpc) is 2.73. The van der Waals surface area contributed by atoms with Gasteiger partial charge in [-0.15, -0.1) is 11.3 Å². The first-order chi connectivity index (χ1) is 6.69. The van der Waals surface area contributed by atoms with E-state index in [9.17, 15) is 5.11 Å². The van der Waals surface area contributed by atoms with Crippen molar-refractivity contribution in [1.82, 2.24) is 4.90 Å². The van der Waals surface area contributed by atoms with Gasteiger partial charge in [0.25, 0.3) is 0 Å². The van der Waals surface area contributed by atoms with Gasteiger partial charge in [0.15, 0.2) is 0 Å². The Kier molecular flexibility index (Phi) is 2.64. The van der Waals surface area contributed by atoms with Gasteiger partial charge in [-0.1, -0.05) is 6.07 Å². The van der Waals surface area contributed by atoms with E-state index < -0.39 is 0 Å². The van der Waals surface area contributed by atoms with Gasteiger partial charge in [0.1, 0.15) is 0 Å². The van der Waals surface area contributed by atoms with Crippen molar-refractivity contribution in [2.45, 2.75) is 18.9 Å². The predicted octanol–water partition coefficient (Wildman–Crippen LogP) is 2.12. The van der Waals surface area contributed by atoms with E-state index in [1.807, 2.05) is 0 Å². The summed E-state index contributed by atoms with van der Waals surface area (Å²) in [5.41, 5.74) is 0.147. The van der Waals surface area contributed by atoms with Crippen molar-refractivity contribution in [3.63, 3.8) is 0 Å². The second-order valence-corrected chi connectivity index (χ2v) is 5.38. The number of hydrogen-bond acceptors (Lipinski definition) is 3. The molecule has 0 aliphatic heterocycles. The zero-order valence-corrected chi connectivity index (χ0v) is 9.55. The Hall–Kier alpha value is -0.380. The minimum absolute atomic E-state index is 0.147. The number of hydrogen-bond donors (Lipinski definition) is 1. The number of aliphatic hydroxyl groups excluding tert-OH is 1. The number of rotatable bonds is 4. The highest BCUT2D eigenvalue weighted by Crippen LogP contribution is 2.56. The zero-order valence-electron chi connectivity index (χ0n) is 8.73. The summed E-state index contributed by atoms with van der Waals surface area (Å²) in [6.45, 7) is 0.313. The molecule has 0 amide bonds. The molecular weight excluding hydrogens is 194 g/mol. The maximum absolute atomic E-state index is 9.45. The minimum atomic E-state index is 0.147. The molecule has 0 spiro atoms. The summed E-state index contributed by atoms with van der Waals surface area (Å²) in [5, 5.41) is 11.6. The second-order valence-electron chi connectivity index (χ2n) is 4.40. The van der Waals surface area contributed by atoms with Crippen molar-refractivity contribution in [1.29, 1.82) is 0 Å². The van der Waals surface area contributed by atoms with Gasteiger partial charge in [-0.05, 0) is 38.4 Å². The molecule has 1 atom stereocenters. The SMILES string of the molecule is CN(C)C(c1cccs1)C1(CO)CC1. The third-order valence-corrected chi connectivity index (χ3v) is 4.04. The molecule has 1 aromatic heterocycles. The molecule has 1 N–H and O–H groups in total. The summed E-state index contributed by atoms with van der Waals surface area (Å²) in [4.78, 5) is 3.61. The standard InChI is InChI=1S/C11H17NOS/c1-12(2)10(9-4-3-7-14-9)11(8-13)5-6-11/h3-4,7,10,13H,5-6,8H2,1-2H3. The molecule has 1 aliphatic carbocycles. The Bertz CT molecular complexity index is 290. The van der Waals surface area contributed by atoms with E-state index in [0.29, 0.717) is 12.6 Å². The monoisotopic (exact) mass is 211 g/mol. The van der Waals surface area contributed by atoms with Crippen molar-refractivity contribution >= 4 is 11.3 Å². The molecule has 1 heterocycles. The molecule has 2 nitrogen and oxygen atoms in total. The van der Waals surface area contributed by atoms with Crippen LogP contribution in [0.3, 0.4) is 0 Å². The molecule has 1 aromatic rings. The van der Waals surface area contributed by atoms with Crippen molar-refractivity contribution in [3.8, 4) is 0 Å². The number of aliphatic hydroxyl groups is 1. The molecule has 1 aliphatic rings. The highest BCUT2D eigenvalue weighted by molar-refractivity contribution is 7.10. The summed E-state index contributed by atoms with van der Waals surface area (Å²) in [6, 6.07) is 4.65. The van der Waals surface area contributed by atoms with Gasteiger partial charge >= 0.3 is 0 Å². The fourth-order valence-corrected chi connectivity index (χ4v) is 3.29. The third-order valence-electron chi connectivity index (χ3n) is 3.12. The van der Waals surface area contributed by atoms with Crippen LogP contribution in [-0.2, 0) is 0 Å². The predicted molar refractivity (Wildman–Crippen MR) is 59.5 cm³/mol. The first-order valence-electron chi connectivity index (χ1n) is 5.00. The lowest BCUT2D eigenvalue weighted by molar-refractivity contribution is 0.118. The van der Waals surface area contributed by atoms with Crippen LogP contribution in [0.5, 0.6) is 0 Å². The van der Waals surface area contributed by atoms with E-state index in [4.69, 9.17) is 0 Å². The fourth-order valence-electron chi connectivity index (χ4n) is 2.23. The molecule has 2 rings (SSSR count). The van der Waals surface area contributed by atoms with Gasteiger partial charge in [-0.2, -0.15) is 0 Å². The van der Waals surface area contributed by atoms with Crippen LogP contribution in [0.2, 0.25) is 0 Å². The van der Waals surface area contributed by atoms with Crippen molar-refractivity contribution in [2.75, 3.05) is 20.7 Å². The van der Waals surface area contributed by atoms with E-state index >= 15 is 0 Å². The maximum Gasteiger partial charge on any atom is 0.0514 e. The van der Waals surface area contributed by atoms with Gasteiger partial charge in [0.2, 0.25) is 0 Å². The third kappa shape index (κ3) is 1.60. The molecule has 1 saturated carbocycles.